The molecular formula is C34H45N7O8. The van der Waals surface area contributed by atoms with Crippen LogP contribution < -0.4 is 15.4 Å². The minimum Gasteiger partial charge on any atom is -0.504 e. The maximum absolute atomic E-state index is 14.2. The van der Waals surface area contributed by atoms with Crippen molar-refractivity contribution in [3.05, 3.63) is 30.4 Å². The number of benzene rings is 1. The first kappa shape index (κ1) is 34.2. The summed E-state index contributed by atoms with van der Waals surface area (Å²) in [7, 11) is 0. The average molecular weight is 680 g/mol. The third-order valence-corrected chi connectivity index (χ3v) is 9.47. The van der Waals surface area contributed by atoms with Crippen LogP contribution in [0.25, 0.3) is 11.4 Å². The lowest BCUT2D eigenvalue weighted by molar-refractivity contribution is -0.145. The van der Waals surface area contributed by atoms with E-state index in [4.69, 9.17) is 9.47 Å². The number of hydrogen-bond acceptors (Lipinski definition) is 10. The van der Waals surface area contributed by atoms with Gasteiger partial charge in [0.2, 0.25) is 17.6 Å². The maximum atomic E-state index is 14.2. The highest BCUT2D eigenvalue weighted by Gasteiger charge is 2.61. The lowest BCUT2D eigenvalue weighted by atomic mass is 10.0. The number of carboxylic acids is 1. The first-order valence-electron chi connectivity index (χ1n) is 17.1. The Kier molecular flexibility index (Phi) is 9.54. The Morgan fingerprint density at radius 1 is 1.14 bits per heavy atom. The molecule has 49 heavy (non-hydrogen) atoms. The van der Waals surface area contributed by atoms with E-state index in [9.17, 15) is 29.4 Å². The zero-order valence-corrected chi connectivity index (χ0v) is 28.1. The normalized spacial score (nSPS) is 28.3. The van der Waals surface area contributed by atoms with Crippen LogP contribution in [0.1, 0.15) is 84.6 Å². The number of carbonyl (C=O) groups excluding carboxylic acids is 3. The molecule has 0 spiro atoms. The van der Waals surface area contributed by atoms with Gasteiger partial charge in [-0.3, -0.25) is 9.59 Å². The molecule has 2 aliphatic heterocycles. The van der Waals surface area contributed by atoms with Gasteiger partial charge in [0.05, 0.1) is 12.6 Å². The van der Waals surface area contributed by atoms with E-state index < -0.39 is 53.1 Å². The quantitative estimate of drug-likeness (QED) is 0.313. The van der Waals surface area contributed by atoms with Crippen LogP contribution in [0.2, 0.25) is 0 Å². The minimum absolute atomic E-state index is 0.0157. The van der Waals surface area contributed by atoms with Gasteiger partial charge in [-0.1, -0.05) is 25.0 Å². The van der Waals surface area contributed by atoms with Crippen LogP contribution in [-0.4, -0.2) is 95.6 Å². The van der Waals surface area contributed by atoms with Gasteiger partial charge in [-0.25, -0.2) is 9.59 Å². The van der Waals surface area contributed by atoms with E-state index in [0.29, 0.717) is 36.7 Å². The Morgan fingerprint density at radius 3 is 2.65 bits per heavy atom. The fourth-order valence-electron chi connectivity index (χ4n) is 6.46. The predicted octanol–water partition coefficient (Wildman–Crippen LogP) is 3.35. The summed E-state index contributed by atoms with van der Waals surface area (Å²) in [5.74, 6) is -1.50. The lowest BCUT2D eigenvalue weighted by Crippen LogP contribution is -2.56. The van der Waals surface area contributed by atoms with E-state index in [1.54, 1.807) is 32.9 Å². The largest absolute Gasteiger partial charge is 0.504 e. The highest BCUT2D eigenvalue weighted by molar-refractivity contribution is 5.96. The molecule has 1 saturated heterocycles. The number of carbonyl (C=O) groups is 4. The van der Waals surface area contributed by atoms with Crippen LogP contribution in [0.3, 0.4) is 0 Å². The first-order chi connectivity index (χ1) is 23.3. The molecule has 3 fully saturated rings. The van der Waals surface area contributed by atoms with Crippen LogP contribution in [0.5, 0.6) is 11.5 Å². The summed E-state index contributed by atoms with van der Waals surface area (Å²) in [6.07, 6.45) is 8.96. The fraction of sp³-hybridized carbons (Fsp3) is 0.618. The zero-order valence-electron chi connectivity index (χ0n) is 28.1. The molecule has 2 aromatic rings. The number of nitrogens with one attached hydrogen (secondary N) is 2. The highest BCUT2D eigenvalue weighted by atomic mass is 16.6. The highest BCUT2D eigenvalue weighted by Crippen LogP contribution is 2.45. The smallest absolute Gasteiger partial charge is 0.408 e. The third kappa shape index (κ3) is 7.97. The fourth-order valence-corrected chi connectivity index (χ4v) is 6.46. The van der Waals surface area contributed by atoms with Crippen molar-refractivity contribution in [3.8, 4) is 22.9 Å². The number of aliphatic carboxylic acids is 1. The van der Waals surface area contributed by atoms with Crippen LogP contribution in [0.4, 0.5) is 4.79 Å². The van der Waals surface area contributed by atoms with Gasteiger partial charge in [0.15, 0.2) is 11.5 Å². The number of carboxylic acid groups (broad SMARTS) is 1. The summed E-state index contributed by atoms with van der Waals surface area (Å²) in [5, 5.41) is 39.1. The van der Waals surface area contributed by atoms with Gasteiger partial charge in [0.1, 0.15) is 23.2 Å². The Balaban J connectivity index is 1.25. The minimum atomic E-state index is -1.45. The SMILES string of the molecule is CC(C)(C)OC(=O)NC1CCCCC/C=C\C2CC2(C(=O)O)NC(=O)C2C[C@@H](n3nnc(-c4ccc(OCC5CC5)c(O)c4)n3)CN2C1=O. The van der Waals surface area contributed by atoms with E-state index in [-0.39, 0.29) is 36.9 Å². The van der Waals surface area contributed by atoms with E-state index in [0.717, 1.165) is 32.1 Å². The van der Waals surface area contributed by atoms with Gasteiger partial charge < -0.3 is 35.2 Å². The predicted molar refractivity (Wildman–Crippen MR) is 174 cm³/mol. The van der Waals surface area contributed by atoms with Crippen molar-refractivity contribution in [2.24, 2.45) is 11.8 Å². The Labute approximate surface area is 284 Å². The molecular weight excluding hydrogens is 634 g/mol. The number of amides is 3. The summed E-state index contributed by atoms with van der Waals surface area (Å²) in [4.78, 5) is 56.1. The second-order valence-corrected chi connectivity index (χ2v) is 14.6. The number of aromatic hydroxyl groups is 1. The zero-order chi connectivity index (χ0) is 34.9. The summed E-state index contributed by atoms with van der Waals surface area (Å²) in [6.45, 7) is 5.75. The van der Waals surface area contributed by atoms with Crippen molar-refractivity contribution in [2.75, 3.05) is 13.2 Å². The Hall–Kier alpha value is -4.69. The molecule has 0 radical (unpaired) electrons. The number of alkyl carbamates (subject to hydrolysis) is 1. The third-order valence-electron chi connectivity index (χ3n) is 9.47. The number of fused-ring (bicyclic) bond motifs is 2. The number of ether oxygens (including phenoxy) is 2. The second kappa shape index (κ2) is 13.7. The monoisotopic (exact) mass is 679 g/mol. The number of rotatable bonds is 7. The summed E-state index contributed by atoms with van der Waals surface area (Å²) in [6, 6.07) is 2.24. The summed E-state index contributed by atoms with van der Waals surface area (Å²) >= 11 is 0. The van der Waals surface area contributed by atoms with Crippen molar-refractivity contribution in [3.63, 3.8) is 0 Å². The van der Waals surface area contributed by atoms with Crippen molar-refractivity contribution in [2.45, 2.75) is 108 Å². The number of allylic oxidation sites excluding steroid dienone is 1. The molecule has 2 saturated carbocycles. The average Bonchev–Trinajstić information content (AvgIpc) is 3.87. The Bertz CT molecular complexity index is 1620. The molecule has 4 aliphatic rings. The van der Waals surface area contributed by atoms with Crippen LogP contribution in [0, 0.1) is 11.8 Å². The molecule has 4 N–H and O–H groups in total. The van der Waals surface area contributed by atoms with Crippen LogP contribution >= 0.6 is 0 Å². The van der Waals surface area contributed by atoms with Crippen molar-refractivity contribution in [1.82, 2.24) is 35.7 Å². The molecule has 3 heterocycles. The van der Waals surface area contributed by atoms with Gasteiger partial charge in [0, 0.05) is 24.4 Å². The summed E-state index contributed by atoms with van der Waals surface area (Å²) < 4.78 is 11.2. The number of hydrogen-bond donors (Lipinski definition) is 4. The molecule has 0 bridgehead atoms. The number of phenols is 1. The van der Waals surface area contributed by atoms with Gasteiger partial charge in [-0.2, -0.15) is 4.80 Å². The molecule has 6 rings (SSSR count). The van der Waals surface area contributed by atoms with Crippen molar-refractivity contribution >= 4 is 23.9 Å². The number of phenolic OH excluding ortho intramolecular Hbond substituents is 1. The van der Waals surface area contributed by atoms with Crippen LogP contribution in [0.15, 0.2) is 30.4 Å². The van der Waals surface area contributed by atoms with Crippen LogP contribution in [-0.2, 0) is 19.1 Å². The molecule has 2 aliphatic carbocycles. The van der Waals surface area contributed by atoms with E-state index in [1.807, 2.05) is 12.2 Å². The molecule has 15 nitrogen and oxygen atoms in total. The number of nitrogens with zero attached hydrogens (tertiary/aromatic N) is 5. The molecule has 1 aromatic heterocycles. The Morgan fingerprint density at radius 2 is 1.94 bits per heavy atom. The number of tetrazole rings is 1. The van der Waals surface area contributed by atoms with Crippen molar-refractivity contribution < 1.29 is 38.9 Å². The molecule has 264 valence electrons. The molecule has 1 aromatic carbocycles. The number of aromatic nitrogens is 4. The van der Waals surface area contributed by atoms with Crippen molar-refractivity contribution in [1.29, 1.82) is 0 Å². The topological polar surface area (TPSA) is 198 Å². The molecule has 3 amide bonds. The molecule has 5 atom stereocenters. The van der Waals surface area contributed by atoms with E-state index >= 15 is 0 Å². The van der Waals surface area contributed by atoms with Gasteiger partial charge in [-0.05, 0) is 88.6 Å². The summed E-state index contributed by atoms with van der Waals surface area (Å²) in [5.41, 5.74) is -1.74. The van der Waals surface area contributed by atoms with E-state index in [2.05, 4.69) is 26.0 Å². The van der Waals surface area contributed by atoms with Gasteiger partial charge in [-0.15, -0.1) is 10.2 Å². The van der Waals surface area contributed by atoms with Gasteiger partial charge >= 0.3 is 12.1 Å². The first-order valence-corrected chi connectivity index (χ1v) is 17.1. The second-order valence-electron chi connectivity index (χ2n) is 14.6. The maximum Gasteiger partial charge on any atom is 0.408 e. The molecule has 4 unspecified atom stereocenters. The molecule has 15 heteroatoms. The standard InChI is InChI=1S/C34H45N7O8/c1-33(2,3)49-32(47)35-24-10-8-6-4-5-7-9-22-17-34(22,31(45)46)36-29(43)25-16-23(18-40(25)30(24)44)41-38-28(37-39-41)21-13-14-27(26(42)15-21)48-19-20-11-12-20/h7,9,13-15,20,22-25,42H,4-6,8,10-12,16-19H2,1-3H3,(H,35,47)(H,36,43)(H,45,46)/b9-7-/t22?,23-,24?,25?,34?/m1/s1. The van der Waals surface area contributed by atoms with E-state index in [1.165, 1.54) is 15.8 Å². The van der Waals surface area contributed by atoms with Gasteiger partial charge in [0.25, 0.3) is 0 Å². The lowest BCUT2D eigenvalue weighted by Gasteiger charge is -2.30.